The highest BCUT2D eigenvalue weighted by Gasteiger charge is 2.60. The Labute approximate surface area is 106 Å². The van der Waals surface area contributed by atoms with E-state index in [0.29, 0.717) is 0 Å². The molecule has 19 heavy (non-hydrogen) atoms. The molecule has 3 aliphatic rings. The number of allylic oxidation sites excluding steroid dienone is 2. The molecule has 1 spiro atoms. The Bertz CT molecular complexity index is 547. The Balaban J connectivity index is 2.15. The van der Waals surface area contributed by atoms with E-state index in [-0.39, 0.29) is 5.76 Å². The summed E-state index contributed by atoms with van der Waals surface area (Å²) in [4.78, 5) is 35.1. The quantitative estimate of drug-likeness (QED) is 0.571. The van der Waals surface area contributed by atoms with Crippen molar-refractivity contribution in [3.8, 4) is 0 Å². The van der Waals surface area contributed by atoms with Crippen LogP contribution in [0.5, 0.6) is 0 Å². The van der Waals surface area contributed by atoms with Crippen LogP contribution in [0.2, 0.25) is 0 Å². The molecule has 2 unspecified atom stereocenters. The number of rotatable bonds is 0. The average Bonchev–Trinajstić information content (AvgIpc) is 2.36. The van der Waals surface area contributed by atoms with Crippen LogP contribution < -0.4 is 0 Å². The summed E-state index contributed by atoms with van der Waals surface area (Å²) in [7, 11) is 0. The summed E-state index contributed by atoms with van der Waals surface area (Å²) in [6, 6.07) is 0. The van der Waals surface area contributed by atoms with Gasteiger partial charge >= 0.3 is 23.9 Å². The lowest BCUT2D eigenvalue weighted by atomic mass is 9.96. The number of fused-ring (bicyclic) bond motifs is 2. The van der Waals surface area contributed by atoms with Crippen molar-refractivity contribution in [2.75, 3.05) is 0 Å². The molecule has 0 aromatic rings. The summed E-state index contributed by atoms with van der Waals surface area (Å²) in [5.41, 5.74) is -2.31. The van der Waals surface area contributed by atoms with E-state index in [1.807, 2.05) is 0 Å². The normalized spacial score (nSPS) is 36.7. The second-order valence-corrected chi connectivity index (χ2v) is 4.26. The lowest BCUT2D eigenvalue weighted by Crippen LogP contribution is -2.50. The predicted molar refractivity (Wildman–Crippen MR) is 53.5 cm³/mol. The molecule has 0 aliphatic carbocycles. The van der Waals surface area contributed by atoms with Crippen LogP contribution in [0.4, 0.5) is 0 Å². The van der Waals surface area contributed by atoms with Crippen LogP contribution in [0.1, 0.15) is 12.8 Å². The molecule has 1 N–H and O–H groups in total. The van der Waals surface area contributed by atoms with Crippen molar-refractivity contribution in [3.05, 3.63) is 24.2 Å². The summed E-state index contributed by atoms with van der Waals surface area (Å²) in [5, 5.41) is 10.0. The molecule has 2 fully saturated rings. The van der Waals surface area contributed by atoms with Gasteiger partial charge in [-0.25, -0.2) is 4.79 Å². The van der Waals surface area contributed by atoms with Gasteiger partial charge in [0.25, 0.3) is 0 Å². The third kappa shape index (κ3) is 1.68. The van der Waals surface area contributed by atoms with E-state index in [1.54, 1.807) is 0 Å². The van der Waals surface area contributed by atoms with Gasteiger partial charge in [0, 0.05) is 0 Å². The van der Waals surface area contributed by atoms with Crippen LogP contribution in [-0.4, -0.2) is 34.6 Å². The molecule has 0 aromatic heterocycles. The summed E-state index contributed by atoms with van der Waals surface area (Å²) in [6.07, 6.45) is 2.30. The van der Waals surface area contributed by atoms with Crippen molar-refractivity contribution >= 4 is 17.9 Å². The van der Waals surface area contributed by atoms with E-state index in [0.717, 1.165) is 6.26 Å². The van der Waals surface area contributed by atoms with Crippen molar-refractivity contribution in [2.45, 2.75) is 24.4 Å². The van der Waals surface area contributed by atoms with Gasteiger partial charge in [-0.2, -0.15) is 0 Å². The highest BCUT2D eigenvalue weighted by atomic mass is 16.9. The fourth-order valence-corrected chi connectivity index (χ4v) is 1.93. The zero-order valence-corrected chi connectivity index (χ0v) is 9.45. The minimum absolute atomic E-state index is 0.286. The fraction of sp³-hybridized carbons (Fsp3) is 0.364. The second kappa shape index (κ2) is 3.58. The third-order valence-corrected chi connectivity index (χ3v) is 2.80. The van der Waals surface area contributed by atoms with Gasteiger partial charge < -0.3 is 24.1 Å². The van der Waals surface area contributed by atoms with Crippen molar-refractivity contribution < 1.29 is 38.4 Å². The van der Waals surface area contributed by atoms with E-state index in [2.05, 4.69) is 0 Å². The van der Waals surface area contributed by atoms with Crippen molar-refractivity contribution in [1.82, 2.24) is 0 Å². The minimum Gasteiger partial charge on any atom is -0.422 e. The van der Waals surface area contributed by atoms with Gasteiger partial charge in [-0.15, -0.1) is 0 Å². The smallest absolute Gasteiger partial charge is 0.422 e. The molecule has 3 heterocycles. The Kier molecular flexibility index (Phi) is 2.21. The molecular formula is C11H8O8. The maximum absolute atomic E-state index is 11.9. The minimum atomic E-state index is -2.31. The molecule has 100 valence electrons. The fourth-order valence-electron chi connectivity index (χ4n) is 1.93. The largest absolute Gasteiger partial charge is 0.485 e. The summed E-state index contributed by atoms with van der Waals surface area (Å²) in [6.45, 7) is 0. The first-order chi connectivity index (χ1) is 8.93. The molecule has 2 saturated heterocycles. The van der Waals surface area contributed by atoms with Gasteiger partial charge in [0.15, 0.2) is 5.60 Å². The van der Waals surface area contributed by atoms with E-state index < -0.39 is 42.3 Å². The number of hydrogen-bond acceptors (Lipinski definition) is 8. The van der Waals surface area contributed by atoms with Crippen molar-refractivity contribution in [3.63, 3.8) is 0 Å². The van der Waals surface area contributed by atoms with Crippen LogP contribution in [0, 0.1) is 0 Å². The number of hydrogen-bond donors (Lipinski definition) is 1. The first kappa shape index (κ1) is 11.7. The summed E-state index contributed by atoms with van der Waals surface area (Å²) in [5.74, 6) is -5.61. The first-order valence-corrected chi connectivity index (χ1v) is 5.37. The topological polar surface area (TPSA) is 108 Å². The van der Waals surface area contributed by atoms with Gasteiger partial charge in [-0.3, -0.25) is 9.59 Å². The summed E-state index contributed by atoms with van der Waals surface area (Å²) < 4.78 is 19.6. The van der Waals surface area contributed by atoms with Gasteiger partial charge in [0.2, 0.25) is 5.76 Å². The SMILES string of the molecule is O=C1CC2(O)CC(=O)OC3(OC=CC=C3O1)OC2=O. The molecule has 3 aliphatic heterocycles. The maximum atomic E-state index is 11.9. The highest BCUT2D eigenvalue weighted by molar-refractivity contribution is 5.92. The molecule has 0 saturated carbocycles. The molecule has 8 nitrogen and oxygen atoms in total. The number of aliphatic hydroxyl groups is 1. The molecule has 0 aromatic carbocycles. The predicted octanol–water partition coefficient (Wildman–Crippen LogP) is -0.764. The van der Waals surface area contributed by atoms with Crippen molar-refractivity contribution in [1.29, 1.82) is 0 Å². The van der Waals surface area contributed by atoms with Gasteiger partial charge in [0.1, 0.15) is 0 Å². The first-order valence-electron chi connectivity index (χ1n) is 5.37. The zero-order chi connectivity index (χ0) is 13.7. The maximum Gasteiger partial charge on any atom is 0.485 e. The van der Waals surface area contributed by atoms with Crippen LogP contribution in [0.15, 0.2) is 24.2 Å². The number of carbonyl (C=O) groups excluding carboxylic acids is 3. The van der Waals surface area contributed by atoms with Crippen LogP contribution in [-0.2, 0) is 33.3 Å². The van der Waals surface area contributed by atoms with Crippen LogP contribution in [0.3, 0.4) is 0 Å². The van der Waals surface area contributed by atoms with Gasteiger partial charge in [0.05, 0.1) is 19.1 Å². The number of esters is 3. The Hall–Kier alpha value is -2.35. The lowest BCUT2D eigenvalue weighted by Gasteiger charge is -2.33. The average molecular weight is 268 g/mol. The Morgan fingerprint density at radius 1 is 1.11 bits per heavy atom. The molecular weight excluding hydrogens is 260 g/mol. The number of carbonyl (C=O) groups is 3. The van der Waals surface area contributed by atoms with Crippen LogP contribution >= 0.6 is 0 Å². The van der Waals surface area contributed by atoms with E-state index in [1.165, 1.54) is 12.2 Å². The Morgan fingerprint density at radius 2 is 1.84 bits per heavy atom. The van der Waals surface area contributed by atoms with Gasteiger partial charge in [-0.05, 0) is 12.2 Å². The van der Waals surface area contributed by atoms with Gasteiger partial charge in [-0.1, -0.05) is 0 Å². The molecule has 8 heteroatoms. The summed E-state index contributed by atoms with van der Waals surface area (Å²) >= 11 is 0. The monoisotopic (exact) mass is 268 g/mol. The standard InChI is InChI=1S/C11H8O8/c12-7-4-10(15)5-8(13)18-11(19-9(10)14)6(17-7)2-1-3-16-11/h1-3,15H,4-5H2. The zero-order valence-electron chi connectivity index (χ0n) is 9.45. The molecule has 0 amide bonds. The Morgan fingerprint density at radius 3 is 2.63 bits per heavy atom. The van der Waals surface area contributed by atoms with Crippen LogP contribution in [0.25, 0.3) is 0 Å². The van der Waals surface area contributed by atoms with E-state index in [4.69, 9.17) is 18.9 Å². The third-order valence-electron chi connectivity index (χ3n) is 2.80. The van der Waals surface area contributed by atoms with E-state index >= 15 is 0 Å². The number of ether oxygens (including phenoxy) is 4. The molecule has 3 rings (SSSR count). The second-order valence-electron chi connectivity index (χ2n) is 4.26. The molecule has 2 atom stereocenters. The highest BCUT2D eigenvalue weighted by Crippen LogP contribution is 2.38. The lowest BCUT2D eigenvalue weighted by molar-refractivity contribution is -0.319. The molecule has 0 radical (unpaired) electrons. The molecule has 2 bridgehead atoms. The van der Waals surface area contributed by atoms with E-state index in [9.17, 15) is 19.5 Å². The van der Waals surface area contributed by atoms with Crippen molar-refractivity contribution in [2.24, 2.45) is 0 Å².